The van der Waals surface area contributed by atoms with E-state index in [-0.39, 0.29) is 35.6 Å². The molecule has 5 rings (SSSR count). The summed E-state index contributed by atoms with van der Waals surface area (Å²) in [6.07, 6.45) is 10.1. The Morgan fingerprint density at radius 3 is 2.50 bits per heavy atom. The summed E-state index contributed by atoms with van der Waals surface area (Å²) in [6, 6.07) is 0.0381. The molecule has 1 aliphatic carbocycles. The molecule has 0 radical (unpaired) electrons. The van der Waals surface area contributed by atoms with Gasteiger partial charge in [0, 0.05) is 50.5 Å². The largest absolute Gasteiger partial charge is 0.492 e. The molecule has 3 fully saturated rings. The number of nitrogens with one attached hydrogen (secondary N) is 1. The molecular weight excluding hydrogens is 490 g/mol. The molecule has 0 unspecified atom stereocenters. The summed E-state index contributed by atoms with van der Waals surface area (Å²) in [5.41, 5.74) is -0.0318. The van der Waals surface area contributed by atoms with Gasteiger partial charge in [-0.05, 0) is 50.5 Å². The van der Waals surface area contributed by atoms with Crippen molar-refractivity contribution < 1.29 is 24.2 Å². The fraction of sp³-hybridized carbons (Fsp3) is 0.630. The predicted octanol–water partition coefficient (Wildman–Crippen LogP) is 1.95. The lowest BCUT2D eigenvalue weighted by molar-refractivity contribution is -0.130. The zero-order chi connectivity index (χ0) is 26.8. The van der Waals surface area contributed by atoms with Crippen LogP contribution < -0.4 is 10.9 Å². The fourth-order valence-corrected chi connectivity index (χ4v) is 5.11. The van der Waals surface area contributed by atoms with Crippen molar-refractivity contribution in [1.82, 2.24) is 24.4 Å². The van der Waals surface area contributed by atoms with Crippen molar-refractivity contribution in [2.45, 2.75) is 77.2 Å². The molecule has 1 saturated carbocycles. The van der Waals surface area contributed by atoms with E-state index in [1.807, 2.05) is 13.8 Å². The van der Waals surface area contributed by atoms with E-state index < -0.39 is 17.3 Å². The summed E-state index contributed by atoms with van der Waals surface area (Å²) < 4.78 is 14.3. The number of rotatable bonds is 8. The number of likely N-dealkylation sites (tertiary alicyclic amines) is 1. The lowest BCUT2D eigenvalue weighted by Gasteiger charge is -2.34. The zero-order valence-electron chi connectivity index (χ0n) is 22.1. The van der Waals surface area contributed by atoms with E-state index in [0.29, 0.717) is 30.8 Å². The molecule has 38 heavy (non-hydrogen) atoms. The van der Waals surface area contributed by atoms with E-state index in [0.717, 1.165) is 51.7 Å². The average molecular weight is 528 g/mol. The fourth-order valence-electron chi connectivity index (χ4n) is 5.11. The van der Waals surface area contributed by atoms with Crippen LogP contribution in [0, 0.1) is 5.92 Å². The molecule has 2 saturated heterocycles. The van der Waals surface area contributed by atoms with Crippen LogP contribution in [-0.2, 0) is 20.8 Å². The highest BCUT2D eigenvalue weighted by Gasteiger charge is 2.30. The number of carbonyl (C=O) groups is 2. The third-order valence-corrected chi connectivity index (χ3v) is 7.31. The number of hydrogen-bond acceptors (Lipinski definition) is 7. The van der Waals surface area contributed by atoms with Crippen molar-refractivity contribution >= 4 is 23.5 Å². The highest BCUT2D eigenvalue weighted by atomic mass is 16.5. The highest BCUT2D eigenvalue weighted by Crippen LogP contribution is 2.24. The van der Waals surface area contributed by atoms with Crippen LogP contribution in [0.15, 0.2) is 17.1 Å². The van der Waals surface area contributed by atoms with Gasteiger partial charge in [-0.15, -0.1) is 0 Å². The summed E-state index contributed by atoms with van der Waals surface area (Å²) >= 11 is 0. The molecule has 2 N–H and O–H groups in total. The Balaban J connectivity index is 1.32. The Hall–Kier alpha value is -3.18. The quantitative estimate of drug-likeness (QED) is 0.503. The Labute approximate surface area is 221 Å². The van der Waals surface area contributed by atoms with Gasteiger partial charge >= 0.3 is 0 Å². The molecule has 2 aliphatic heterocycles. The molecule has 11 heteroatoms. The molecule has 0 bridgehead atoms. The number of carbonyl (C=O) groups excluding carboxylic acids is 2. The molecule has 11 nitrogen and oxygen atoms in total. The number of hydrogen-bond donors (Lipinski definition) is 2. The third-order valence-electron chi connectivity index (χ3n) is 7.31. The molecule has 3 aliphatic rings. The average Bonchev–Trinajstić information content (AvgIpc) is 3.61. The SMILES string of the molecule is CC(C)Cn1c(=O)c(C(=O)NC2CC2)c(O)n2ncc(/C=C/C(=O)N3CCC(OC4CCOCC4)CC3)c12. The van der Waals surface area contributed by atoms with Crippen LogP contribution >= 0.6 is 0 Å². The van der Waals surface area contributed by atoms with Crippen LogP contribution in [-0.4, -0.2) is 80.6 Å². The van der Waals surface area contributed by atoms with Crippen LogP contribution in [0.4, 0.5) is 0 Å². The Bertz CT molecular complexity index is 1260. The van der Waals surface area contributed by atoms with Gasteiger partial charge in [0.2, 0.25) is 11.8 Å². The lowest BCUT2D eigenvalue weighted by Crippen LogP contribution is -2.41. The van der Waals surface area contributed by atoms with Crippen molar-refractivity contribution in [1.29, 1.82) is 0 Å². The van der Waals surface area contributed by atoms with E-state index >= 15 is 0 Å². The van der Waals surface area contributed by atoms with Gasteiger partial charge in [-0.2, -0.15) is 9.61 Å². The van der Waals surface area contributed by atoms with Crippen LogP contribution in [0.25, 0.3) is 11.7 Å². The number of fused-ring (bicyclic) bond motifs is 1. The molecule has 2 aromatic rings. The van der Waals surface area contributed by atoms with Gasteiger partial charge in [-0.3, -0.25) is 19.0 Å². The second kappa shape index (κ2) is 11.3. The van der Waals surface area contributed by atoms with Crippen LogP contribution in [0.3, 0.4) is 0 Å². The zero-order valence-corrected chi connectivity index (χ0v) is 22.1. The number of aromatic hydroxyl groups is 1. The second-order valence-corrected chi connectivity index (χ2v) is 10.9. The maximum atomic E-state index is 13.4. The molecule has 0 aromatic carbocycles. The molecule has 4 heterocycles. The minimum atomic E-state index is -0.596. The first-order valence-corrected chi connectivity index (χ1v) is 13.7. The van der Waals surface area contributed by atoms with Crippen molar-refractivity contribution in [2.75, 3.05) is 26.3 Å². The van der Waals surface area contributed by atoms with E-state index in [9.17, 15) is 19.5 Å². The van der Waals surface area contributed by atoms with Gasteiger partial charge in [0.05, 0.1) is 18.4 Å². The number of ether oxygens (including phenoxy) is 2. The highest BCUT2D eigenvalue weighted by molar-refractivity contribution is 5.97. The Kier molecular flexibility index (Phi) is 7.85. The molecule has 2 aromatic heterocycles. The van der Waals surface area contributed by atoms with E-state index in [2.05, 4.69) is 10.4 Å². The van der Waals surface area contributed by atoms with Crippen LogP contribution in [0.1, 0.15) is 68.3 Å². The summed E-state index contributed by atoms with van der Waals surface area (Å²) in [7, 11) is 0. The summed E-state index contributed by atoms with van der Waals surface area (Å²) in [6.45, 7) is 6.97. The molecular formula is C27H37N5O6. The van der Waals surface area contributed by atoms with Crippen LogP contribution in [0.5, 0.6) is 5.88 Å². The van der Waals surface area contributed by atoms with Crippen molar-refractivity contribution in [3.63, 3.8) is 0 Å². The van der Waals surface area contributed by atoms with E-state index in [1.165, 1.54) is 21.4 Å². The van der Waals surface area contributed by atoms with Crippen molar-refractivity contribution in [2.24, 2.45) is 5.92 Å². The predicted molar refractivity (Wildman–Crippen MR) is 140 cm³/mol. The second-order valence-electron chi connectivity index (χ2n) is 10.9. The topological polar surface area (TPSA) is 127 Å². The maximum absolute atomic E-state index is 13.4. The lowest BCUT2D eigenvalue weighted by atomic mass is 10.1. The normalized spacial score (nSPS) is 19.6. The smallest absolute Gasteiger partial charge is 0.270 e. The van der Waals surface area contributed by atoms with E-state index in [4.69, 9.17) is 9.47 Å². The minimum Gasteiger partial charge on any atom is -0.492 e. The monoisotopic (exact) mass is 527 g/mol. The number of aromatic nitrogens is 3. The van der Waals surface area contributed by atoms with Gasteiger partial charge < -0.3 is 24.8 Å². The van der Waals surface area contributed by atoms with Gasteiger partial charge in [-0.25, -0.2) is 0 Å². The first-order chi connectivity index (χ1) is 18.3. The molecule has 0 atom stereocenters. The molecule has 2 amide bonds. The van der Waals surface area contributed by atoms with Gasteiger partial charge in [0.25, 0.3) is 11.5 Å². The number of amides is 2. The summed E-state index contributed by atoms with van der Waals surface area (Å²) in [5, 5.41) is 17.9. The number of piperidine rings is 1. The third kappa shape index (κ3) is 5.78. The number of nitrogens with zero attached hydrogens (tertiary/aromatic N) is 4. The van der Waals surface area contributed by atoms with Crippen LogP contribution in [0.2, 0.25) is 0 Å². The first kappa shape index (κ1) is 26.4. The molecule has 0 spiro atoms. The Morgan fingerprint density at radius 1 is 1.16 bits per heavy atom. The van der Waals surface area contributed by atoms with Crippen molar-refractivity contribution in [3.05, 3.63) is 33.8 Å². The summed E-state index contributed by atoms with van der Waals surface area (Å²) in [5.74, 6) is -1.13. The Morgan fingerprint density at radius 2 is 1.84 bits per heavy atom. The first-order valence-electron chi connectivity index (χ1n) is 13.7. The standard InChI is InChI=1S/C27H37N5O6/c1-17(2)16-31-25-18(15-28-32(25)27(36)23(26(31)35)24(34)29-19-4-5-19)3-6-22(33)30-11-7-20(8-12-30)38-21-9-13-37-14-10-21/h3,6,15,17,19-21,36H,4-5,7-14,16H2,1-2H3,(H,29,34)/b6-3+. The van der Waals surface area contributed by atoms with Crippen molar-refractivity contribution in [3.8, 4) is 5.88 Å². The van der Waals surface area contributed by atoms with Gasteiger partial charge in [-0.1, -0.05) is 13.8 Å². The minimum absolute atomic E-state index is 0.0381. The van der Waals surface area contributed by atoms with E-state index in [1.54, 1.807) is 11.0 Å². The summed E-state index contributed by atoms with van der Waals surface area (Å²) in [4.78, 5) is 40.9. The van der Waals surface area contributed by atoms with Gasteiger partial charge in [0.1, 0.15) is 5.65 Å². The molecule has 206 valence electrons. The maximum Gasteiger partial charge on any atom is 0.270 e. The van der Waals surface area contributed by atoms with Gasteiger partial charge in [0.15, 0.2) is 5.56 Å².